The van der Waals surface area contributed by atoms with Crippen LogP contribution in [0.5, 0.6) is 0 Å². The Morgan fingerprint density at radius 2 is 1.21 bits per heavy atom. The third-order valence-corrected chi connectivity index (χ3v) is 12.5. The molecule has 7 rings (SSSR count). The van der Waals surface area contributed by atoms with Crippen LogP contribution in [0, 0.1) is 40.9 Å². The molecule has 3 saturated heterocycles. The van der Waals surface area contributed by atoms with Gasteiger partial charge in [0.25, 0.3) is 0 Å². The van der Waals surface area contributed by atoms with E-state index in [9.17, 15) is 4.79 Å². The summed E-state index contributed by atoms with van der Waals surface area (Å²) in [5.74, 6) is 4.41. The summed E-state index contributed by atoms with van der Waals surface area (Å²) in [6, 6.07) is 2.35. The van der Waals surface area contributed by atoms with Crippen LogP contribution in [0.15, 0.2) is 0 Å². The highest BCUT2D eigenvalue weighted by molar-refractivity contribution is 5.86. The van der Waals surface area contributed by atoms with E-state index in [1.807, 2.05) is 0 Å². The number of hydrogen-bond donors (Lipinski definition) is 2. The van der Waals surface area contributed by atoms with Gasteiger partial charge in [0, 0.05) is 43.1 Å². The molecule has 4 nitrogen and oxygen atoms in total. The van der Waals surface area contributed by atoms with E-state index in [0.29, 0.717) is 34.9 Å². The minimum atomic E-state index is 0.312. The molecule has 7 aliphatic rings. The van der Waals surface area contributed by atoms with Gasteiger partial charge in [-0.1, -0.05) is 44.9 Å². The van der Waals surface area contributed by atoms with Crippen molar-refractivity contribution < 1.29 is 4.79 Å². The smallest absolute Gasteiger partial charge is 0.140 e. The maximum absolute atomic E-state index is 14.0. The quantitative estimate of drug-likeness (QED) is 0.583. The van der Waals surface area contributed by atoms with Gasteiger partial charge >= 0.3 is 0 Å². The van der Waals surface area contributed by atoms with Crippen molar-refractivity contribution in [3.63, 3.8) is 0 Å². The lowest BCUT2D eigenvalue weighted by atomic mass is 9.37. The lowest BCUT2D eigenvalue weighted by molar-refractivity contribution is -0.235. The molecule has 4 aliphatic carbocycles. The fraction of sp³-hybridized carbons (Fsp3) is 0.967. The predicted molar refractivity (Wildman–Crippen MR) is 137 cm³/mol. The van der Waals surface area contributed by atoms with Gasteiger partial charge in [-0.15, -0.1) is 0 Å². The van der Waals surface area contributed by atoms with E-state index in [1.165, 1.54) is 109 Å². The second kappa shape index (κ2) is 9.14. The standard InChI is InChI=1S/C30H49N3O/c34-29-21-10-4-5-11-23(21)30(24-14-16-31-18-22(24)29)25-12-6-7-13-27(25)33(20-8-2-1-3-9-20)28-19-32-17-15-26(28)30/h20-28,31-32H,1-19H2. The molecule has 9 atom stereocenters. The zero-order valence-corrected chi connectivity index (χ0v) is 21.5. The van der Waals surface area contributed by atoms with Crippen molar-refractivity contribution in [2.45, 2.75) is 114 Å². The minimum absolute atomic E-state index is 0.312. The van der Waals surface area contributed by atoms with Gasteiger partial charge in [0.05, 0.1) is 0 Å². The third-order valence-electron chi connectivity index (χ3n) is 12.5. The fourth-order valence-electron chi connectivity index (χ4n) is 11.7. The van der Waals surface area contributed by atoms with E-state index in [1.54, 1.807) is 0 Å². The first kappa shape index (κ1) is 22.7. The van der Waals surface area contributed by atoms with Crippen LogP contribution in [-0.2, 0) is 4.79 Å². The van der Waals surface area contributed by atoms with E-state index >= 15 is 0 Å². The number of likely N-dealkylation sites (tertiary alicyclic amines) is 1. The van der Waals surface area contributed by atoms with Gasteiger partial charge < -0.3 is 10.6 Å². The molecule has 0 aromatic rings. The SMILES string of the molecule is O=C1C2CCCCC2C2(C3CCNCC13)C1CCCCC1N(C1CCCCC1)C1CNCCC12. The summed E-state index contributed by atoms with van der Waals surface area (Å²) in [4.78, 5) is 17.2. The Bertz CT molecular complexity index is 710. The number of rotatable bonds is 1. The summed E-state index contributed by atoms with van der Waals surface area (Å²) in [5, 5.41) is 7.60. The van der Waals surface area contributed by atoms with E-state index in [0.717, 1.165) is 43.1 Å². The number of hydrogen-bond acceptors (Lipinski definition) is 4. The molecule has 3 heterocycles. The number of Topliss-reactive ketones (excluding diaryl/α,β-unsaturated/α-hetero) is 1. The lowest BCUT2D eigenvalue weighted by Gasteiger charge is -2.72. The molecule has 4 saturated carbocycles. The van der Waals surface area contributed by atoms with Crippen LogP contribution in [0.2, 0.25) is 0 Å². The van der Waals surface area contributed by atoms with Crippen LogP contribution in [0.4, 0.5) is 0 Å². The first-order chi connectivity index (χ1) is 16.8. The molecule has 2 N–H and O–H groups in total. The molecule has 0 radical (unpaired) electrons. The normalized spacial score (nSPS) is 50.2. The molecule has 190 valence electrons. The van der Waals surface area contributed by atoms with Crippen molar-refractivity contribution in [3.05, 3.63) is 0 Å². The van der Waals surface area contributed by atoms with Crippen LogP contribution in [-0.4, -0.2) is 55.0 Å². The van der Waals surface area contributed by atoms with Gasteiger partial charge in [-0.3, -0.25) is 9.69 Å². The topological polar surface area (TPSA) is 44.4 Å². The monoisotopic (exact) mass is 467 g/mol. The average molecular weight is 468 g/mol. The Morgan fingerprint density at radius 3 is 2.06 bits per heavy atom. The van der Waals surface area contributed by atoms with E-state index in [2.05, 4.69) is 15.5 Å². The van der Waals surface area contributed by atoms with Gasteiger partial charge in [-0.25, -0.2) is 0 Å². The number of carbonyl (C=O) groups excluding carboxylic acids is 1. The van der Waals surface area contributed by atoms with Crippen molar-refractivity contribution in [2.24, 2.45) is 40.9 Å². The zero-order valence-electron chi connectivity index (χ0n) is 21.5. The molecular formula is C30H49N3O. The highest BCUT2D eigenvalue weighted by Gasteiger charge is 2.69. The largest absolute Gasteiger partial charge is 0.316 e. The van der Waals surface area contributed by atoms with Crippen LogP contribution < -0.4 is 10.6 Å². The fourth-order valence-corrected chi connectivity index (χ4v) is 11.7. The maximum atomic E-state index is 14.0. The van der Waals surface area contributed by atoms with Crippen LogP contribution in [0.3, 0.4) is 0 Å². The van der Waals surface area contributed by atoms with Crippen molar-refractivity contribution >= 4 is 5.78 Å². The zero-order chi connectivity index (χ0) is 22.7. The number of nitrogens with one attached hydrogen (secondary N) is 2. The number of fused-ring (bicyclic) bond motifs is 8. The average Bonchev–Trinajstić information content (AvgIpc) is 2.91. The first-order valence-electron chi connectivity index (χ1n) is 15.5. The molecule has 3 aliphatic heterocycles. The van der Waals surface area contributed by atoms with Crippen LogP contribution in [0.25, 0.3) is 0 Å². The molecule has 1 spiro atoms. The molecule has 0 bridgehead atoms. The van der Waals surface area contributed by atoms with Gasteiger partial charge in [0.1, 0.15) is 5.78 Å². The van der Waals surface area contributed by atoms with Crippen molar-refractivity contribution in [2.75, 3.05) is 26.2 Å². The molecule has 0 aromatic heterocycles. The summed E-state index contributed by atoms with van der Waals surface area (Å²) in [5.41, 5.74) is 0.439. The molecule has 0 amide bonds. The summed E-state index contributed by atoms with van der Waals surface area (Å²) < 4.78 is 0. The lowest BCUT2D eigenvalue weighted by Crippen LogP contribution is -2.76. The first-order valence-corrected chi connectivity index (χ1v) is 15.5. The van der Waals surface area contributed by atoms with Crippen molar-refractivity contribution in [1.82, 2.24) is 15.5 Å². The Labute approximate surface area is 207 Å². The van der Waals surface area contributed by atoms with Gasteiger partial charge in [-0.05, 0) is 93.5 Å². The summed E-state index contributed by atoms with van der Waals surface area (Å²) in [6.07, 6.45) is 20.9. The van der Waals surface area contributed by atoms with Gasteiger partial charge in [0.15, 0.2) is 0 Å². The number of piperidine rings is 3. The predicted octanol–water partition coefficient (Wildman–Crippen LogP) is 4.77. The molecule has 34 heavy (non-hydrogen) atoms. The Morgan fingerprint density at radius 1 is 0.588 bits per heavy atom. The minimum Gasteiger partial charge on any atom is -0.316 e. The van der Waals surface area contributed by atoms with Crippen LogP contribution >= 0.6 is 0 Å². The highest BCUT2D eigenvalue weighted by atomic mass is 16.1. The van der Waals surface area contributed by atoms with Crippen LogP contribution in [0.1, 0.15) is 96.3 Å². The van der Waals surface area contributed by atoms with Gasteiger partial charge in [0.2, 0.25) is 0 Å². The summed E-state index contributed by atoms with van der Waals surface area (Å²) in [7, 11) is 0. The Balaban J connectivity index is 1.38. The van der Waals surface area contributed by atoms with E-state index in [4.69, 9.17) is 0 Å². The second-order valence-electron chi connectivity index (χ2n) is 13.5. The Kier molecular flexibility index (Phi) is 6.11. The molecule has 4 heteroatoms. The summed E-state index contributed by atoms with van der Waals surface area (Å²) in [6.45, 7) is 4.55. The number of nitrogens with zero attached hydrogens (tertiary/aromatic N) is 1. The van der Waals surface area contributed by atoms with Crippen molar-refractivity contribution in [1.29, 1.82) is 0 Å². The van der Waals surface area contributed by atoms with E-state index in [-0.39, 0.29) is 0 Å². The van der Waals surface area contributed by atoms with Gasteiger partial charge in [-0.2, -0.15) is 0 Å². The number of ketones is 1. The maximum Gasteiger partial charge on any atom is 0.140 e. The Hall–Kier alpha value is -0.450. The molecule has 9 unspecified atom stereocenters. The number of carbonyl (C=O) groups is 1. The van der Waals surface area contributed by atoms with Crippen molar-refractivity contribution in [3.8, 4) is 0 Å². The summed E-state index contributed by atoms with van der Waals surface area (Å²) >= 11 is 0. The molecule has 7 fully saturated rings. The highest BCUT2D eigenvalue weighted by Crippen LogP contribution is 2.69. The third kappa shape index (κ3) is 3.23. The molecular weight excluding hydrogens is 418 g/mol. The second-order valence-corrected chi connectivity index (χ2v) is 13.5. The molecule has 0 aromatic carbocycles. The van der Waals surface area contributed by atoms with E-state index < -0.39 is 0 Å².